The molecule has 2 heterocycles. The minimum atomic E-state index is -0.295. The number of aromatic nitrogens is 2. The standard InChI is InChI=1S/C24H23N5O4S/c1-3-28-15-22(33-27-28)26-21(30)16-34-24-25-20(14-17-10-12-19(13-11-17)32-4-2)23(31)29(24)18-8-6-5-7-9-18/h5-15H,3-4,16H2,1-2H3/p+1/b20-14+. The maximum absolute atomic E-state index is 13.2. The second-order valence-corrected chi connectivity index (χ2v) is 8.10. The Bertz CT molecular complexity index is 1220. The predicted molar refractivity (Wildman–Crippen MR) is 130 cm³/mol. The fourth-order valence-electron chi connectivity index (χ4n) is 3.17. The summed E-state index contributed by atoms with van der Waals surface area (Å²) in [6.07, 6.45) is 3.33. The zero-order chi connectivity index (χ0) is 23.9. The average molecular weight is 479 g/mol. The van der Waals surface area contributed by atoms with Crippen LogP contribution < -0.4 is 19.6 Å². The number of benzene rings is 2. The van der Waals surface area contributed by atoms with E-state index in [1.807, 2.05) is 68.4 Å². The van der Waals surface area contributed by atoms with Crippen LogP contribution >= 0.6 is 11.8 Å². The molecular weight excluding hydrogens is 454 g/mol. The van der Waals surface area contributed by atoms with Crippen LogP contribution in [-0.4, -0.2) is 34.6 Å². The lowest BCUT2D eigenvalue weighted by Crippen LogP contribution is -2.33. The largest absolute Gasteiger partial charge is 0.494 e. The number of hydrogen-bond acceptors (Lipinski definition) is 7. The van der Waals surface area contributed by atoms with Gasteiger partial charge in [0.05, 0.1) is 18.0 Å². The zero-order valence-electron chi connectivity index (χ0n) is 18.8. The summed E-state index contributed by atoms with van der Waals surface area (Å²) in [5.74, 6) is 0.500. The van der Waals surface area contributed by atoms with Gasteiger partial charge in [-0.2, -0.15) is 0 Å². The first-order valence-corrected chi connectivity index (χ1v) is 11.8. The molecule has 10 heteroatoms. The summed E-state index contributed by atoms with van der Waals surface area (Å²) in [4.78, 5) is 31.7. The number of aryl methyl sites for hydroxylation is 1. The number of carbonyl (C=O) groups is 2. The van der Waals surface area contributed by atoms with Crippen LogP contribution in [0.4, 0.5) is 11.6 Å². The fraction of sp³-hybridized carbons (Fsp3) is 0.208. The average Bonchev–Trinajstić information content (AvgIpc) is 3.43. The van der Waals surface area contributed by atoms with Crippen LogP contribution in [0.25, 0.3) is 6.08 Å². The molecule has 0 fully saturated rings. The highest BCUT2D eigenvalue weighted by Gasteiger charge is 2.32. The van der Waals surface area contributed by atoms with Gasteiger partial charge in [0.25, 0.3) is 12.1 Å². The molecule has 2 aromatic carbocycles. The third kappa shape index (κ3) is 5.52. The summed E-state index contributed by atoms with van der Waals surface area (Å²) < 4.78 is 12.1. The van der Waals surface area contributed by atoms with Crippen molar-refractivity contribution in [2.24, 2.45) is 4.99 Å². The summed E-state index contributed by atoms with van der Waals surface area (Å²) in [5, 5.41) is 6.86. The Morgan fingerprint density at radius 2 is 1.94 bits per heavy atom. The molecule has 1 aliphatic heterocycles. The highest BCUT2D eigenvalue weighted by molar-refractivity contribution is 8.14. The molecule has 3 aromatic rings. The van der Waals surface area contributed by atoms with E-state index in [-0.39, 0.29) is 29.1 Å². The lowest BCUT2D eigenvalue weighted by Gasteiger charge is -2.17. The number of hydrogen-bond donors (Lipinski definition) is 1. The van der Waals surface area contributed by atoms with Crippen molar-refractivity contribution in [3.63, 3.8) is 0 Å². The summed E-state index contributed by atoms with van der Waals surface area (Å²) >= 11 is 1.17. The van der Waals surface area contributed by atoms with Gasteiger partial charge < -0.3 is 4.74 Å². The first-order valence-electron chi connectivity index (χ1n) is 10.8. The molecule has 1 aliphatic rings. The van der Waals surface area contributed by atoms with Gasteiger partial charge in [0.2, 0.25) is 11.2 Å². The molecule has 0 saturated carbocycles. The summed E-state index contributed by atoms with van der Waals surface area (Å²) in [5.41, 5.74) is 1.78. The molecule has 0 atom stereocenters. The van der Waals surface area contributed by atoms with Gasteiger partial charge in [0.1, 0.15) is 11.4 Å². The number of amidine groups is 1. The summed E-state index contributed by atoms with van der Waals surface area (Å²) in [6.45, 7) is 5.04. The smallest absolute Gasteiger partial charge is 0.302 e. The Labute approximate surface area is 201 Å². The van der Waals surface area contributed by atoms with Crippen LogP contribution in [0.2, 0.25) is 0 Å². The van der Waals surface area contributed by atoms with Crippen molar-refractivity contribution in [1.29, 1.82) is 0 Å². The second kappa shape index (κ2) is 10.8. The molecule has 174 valence electrons. The topological polar surface area (TPSA) is 101 Å². The highest BCUT2D eigenvalue weighted by atomic mass is 32.2. The van der Waals surface area contributed by atoms with Gasteiger partial charge in [0.15, 0.2) is 11.7 Å². The van der Waals surface area contributed by atoms with Gasteiger partial charge in [-0.3, -0.25) is 24.3 Å². The van der Waals surface area contributed by atoms with Crippen molar-refractivity contribution in [2.75, 3.05) is 22.6 Å². The van der Waals surface area contributed by atoms with E-state index in [1.165, 1.54) is 16.7 Å². The SMILES string of the molecule is CCOc1ccc(/C=C2/N=C(SCC(=O)Nc3c[n+](CC)no3)N(c3ccccc3)C2=O)cc1. The Hall–Kier alpha value is -3.92. The maximum atomic E-state index is 13.2. The van der Waals surface area contributed by atoms with Gasteiger partial charge in [0, 0.05) is 0 Å². The molecule has 1 aromatic heterocycles. The minimum absolute atomic E-state index is 0.0403. The van der Waals surface area contributed by atoms with E-state index in [9.17, 15) is 9.59 Å². The molecule has 0 spiro atoms. The number of thioether (sulfide) groups is 1. The molecule has 0 aliphatic carbocycles. The van der Waals surface area contributed by atoms with Crippen LogP contribution in [0.3, 0.4) is 0 Å². The summed E-state index contributed by atoms with van der Waals surface area (Å²) in [6, 6.07) is 16.6. The van der Waals surface area contributed by atoms with Crippen LogP contribution in [-0.2, 0) is 16.1 Å². The number of para-hydroxylation sites is 1. The predicted octanol–water partition coefficient (Wildman–Crippen LogP) is 3.50. The summed E-state index contributed by atoms with van der Waals surface area (Å²) in [7, 11) is 0. The number of aliphatic imine (C=N–C) groups is 1. The van der Waals surface area contributed by atoms with Crippen molar-refractivity contribution in [3.8, 4) is 5.75 Å². The van der Waals surface area contributed by atoms with E-state index in [4.69, 9.17) is 9.26 Å². The van der Waals surface area contributed by atoms with E-state index in [2.05, 4.69) is 15.6 Å². The number of carbonyl (C=O) groups excluding carboxylic acids is 2. The number of nitrogens with one attached hydrogen (secondary N) is 1. The third-order valence-electron chi connectivity index (χ3n) is 4.77. The Morgan fingerprint density at radius 1 is 1.18 bits per heavy atom. The van der Waals surface area contributed by atoms with E-state index < -0.39 is 0 Å². The zero-order valence-corrected chi connectivity index (χ0v) is 19.6. The Morgan fingerprint density at radius 3 is 2.62 bits per heavy atom. The Balaban J connectivity index is 1.52. The van der Waals surface area contributed by atoms with Crippen LogP contribution in [0.15, 0.2) is 76.0 Å². The van der Waals surface area contributed by atoms with E-state index >= 15 is 0 Å². The van der Waals surface area contributed by atoms with Crippen molar-refractivity contribution in [3.05, 3.63) is 72.1 Å². The lowest BCUT2D eigenvalue weighted by molar-refractivity contribution is -0.759. The van der Waals surface area contributed by atoms with Gasteiger partial charge in [-0.15, -0.1) is 0 Å². The number of rotatable bonds is 8. The Kier molecular flexibility index (Phi) is 7.38. The quantitative estimate of drug-likeness (QED) is 0.393. The molecule has 0 saturated heterocycles. The highest BCUT2D eigenvalue weighted by Crippen LogP contribution is 2.29. The number of amides is 2. The molecule has 0 unspecified atom stereocenters. The molecule has 1 N–H and O–H groups in total. The number of nitrogens with zero attached hydrogens (tertiary/aromatic N) is 4. The van der Waals surface area contributed by atoms with E-state index in [1.54, 1.807) is 17.0 Å². The van der Waals surface area contributed by atoms with Crippen molar-refractivity contribution in [1.82, 2.24) is 5.27 Å². The van der Waals surface area contributed by atoms with Crippen molar-refractivity contribution < 1.29 is 23.5 Å². The maximum Gasteiger partial charge on any atom is 0.302 e. The molecule has 9 nitrogen and oxygen atoms in total. The molecule has 34 heavy (non-hydrogen) atoms. The normalized spacial score (nSPS) is 14.4. The van der Waals surface area contributed by atoms with Gasteiger partial charge >= 0.3 is 5.88 Å². The van der Waals surface area contributed by atoms with Crippen molar-refractivity contribution in [2.45, 2.75) is 20.4 Å². The van der Waals surface area contributed by atoms with Gasteiger partial charge in [-0.25, -0.2) is 4.99 Å². The number of anilines is 2. The minimum Gasteiger partial charge on any atom is -0.494 e. The molecule has 4 rings (SSSR count). The van der Waals surface area contributed by atoms with Gasteiger partial charge in [-0.1, -0.05) is 46.8 Å². The van der Waals surface area contributed by atoms with Crippen LogP contribution in [0, 0.1) is 0 Å². The second-order valence-electron chi connectivity index (χ2n) is 7.16. The van der Waals surface area contributed by atoms with E-state index in [0.717, 1.165) is 11.3 Å². The molecule has 2 amide bonds. The molecular formula is C24H24N5O4S+. The molecule has 0 radical (unpaired) electrons. The monoisotopic (exact) mass is 478 g/mol. The fourth-order valence-corrected chi connectivity index (χ4v) is 3.98. The molecule has 0 bridgehead atoms. The van der Waals surface area contributed by atoms with E-state index in [0.29, 0.717) is 24.0 Å². The van der Waals surface area contributed by atoms with Crippen LogP contribution in [0.5, 0.6) is 5.75 Å². The van der Waals surface area contributed by atoms with Crippen LogP contribution in [0.1, 0.15) is 19.4 Å². The first kappa shape index (κ1) is 23.2. The van der Waals surface area contributed by atoms with Crippen molar-refractivity contribution >= 4 is 46.4 Å². The number of ether oxygens (including phenoxy) is 1. The lowest BCUT2D eigenvalue weighted by atomic mass is 10.2. The van der Waals surface area contributed by atoms with Gasteiger partial charge in [-0.05, 0) is 49.8 Å². The third-order valence-corrected chi connectivity index (χ3v) is 5.71. The first-order chi connectivity index (χ1) is 16.6.